The molecular weight excluding hydrogens is 296 g/mol. The summed E-state index contributed by atoms with van der Waals surface area (Å²) in [6.45, 7) is -0.137. The Kier molecular flexibility index (Phi) is 4.52. The Morgan fingerprint density at radius 3 is 2.52 bits per heavy atom. The number of methoxy groups -OCH3 is 1. The normalized spacial score (nSPS) is 28.4. The fourth-order valence-electron chi connectivity index (χ4n) is 3.79. The van der Waals surface area contributed by atoms with Crippen LogP contribution in [-0.4, -0.2) is 31.6 Å². The van der Waals surface area contributed by atoms with Crippen LogP contribution in [0.25, 0.3) is 0 Å². The molecule has 4 atom stereocenters. The number of carbonyl (C=O) groups excluding carboxylic acids is 2. The van der Waals surface area contributed by atoms with E-state index in [-0.39, 0.29) is 24.5 Å². The van der Waals surface area contributed by atoms with Crippen LogP contribution < -0.4 is 15.8 Å². The number of nitrogens with two attached hydrogens (primary N) is 1. The second-order valence-electron chi connectivity index (χ2n) is 6.31. The summed E-state index contributed by atoms with van der Waals surface area (Å²) in [4.78, 5) is 23.5. The molecule has 2 aliphatic rings. The summed E-state index contributed by atoms with van der Waals surface area (Å²) in [6, 6.07) is 6.90. The lowest BCUT2D eigenvalue weighted by atomic mass is 9.84. The van der Waals surface area contributed by atoms with Crippen LogP contribution in [0.5, 0.6) is 5.75 Å². The molecule has 0 aliphatic heterocycles. The lowest BCUT2D eigenvalue weighted by Gasteiger charge is -2.27. The van der Waals surface area contributed by atoms with Gasteiger partial charge in [-0.15, -0.1) is 0 Å². The molecule has 2 aliphatic carbocycles. The number of hydrogen-bond acceptors (Lipinski definition) is 5. The minimum absolute atomic E-state index is 0.00734. The fourth-order valence-corrected chi connectivity index (χ4v) is 3.79. The van der Waals surface area contributed by atoms with Crippen LogP contribution >= 0.6 is 0 Å². The summed E-state index contributed by atoms with van der Waals surface area (Å²) in [5, 5.41) is 2.94. The van der Waals surface area contributed by atoms with Crippen LogP contribution in [-0.2, 0) is 14.3 Å². The maximum Gasteiger partial charge on any atom is 0.343 e. The molecule has 1 aromatic carbocycles. The van der Waals surface area contributed by atoms with Crippen molar-refractivity contribution in [3.05, 3.63) is 24.3 Å². The summed E-state index contributed by atoms with van der Waals surface area (Å²) in [5.41, 5.74) is 6.90. The molecule has 3 rings (SSSR count). The van der Waals surface area contributed by atoms with Gasteiger partial charge in [-0.25, -0.2) is 4.79 Å². The quantitative estimate of drug-likeness (QED) is 0.804. The van der Waals surface area contributed by atoms with Gasteiger partial charge < -0.3 is 20.5 Å². The second-order valence-corrected chi connectivity index (χ2v) is 6.31. The van der Waals surface area contributed by atoms with E-state index in [1.54, 1.807) is 24.3 Å². The van der Waals surface area contributed by atoms with Gasteiger partial charge in [-0.3, -0.25) is 4.79 Å². The SMILES string of the molecule is COC(=O)COc1ccc(NC(=O)C2C3CCC(C3)C2N)cc1. The monoisotopic (exact) mass is 318 g/mol. The Bertz CT molecular complexity index is 585. The Morgan fingerprint density at radius 1 is 1.22 bits per heavy atom. The largest absolute Gasteiger partial charge is 0.482 e. The van der Waals surface area contributed by atoms with E-state index in [9.17, 15) is 9.59 Å². The molecule has 0 saturated heterocycles. The zero-order valence-electron chi connectivity index (χ0n) is 13.2. The number of hydrogen-bond donors (Lipinski definition) is 2. The summed E-state index contributed by atoms with van der Waals surface area (Å²) in [5.74, 6) is 0.970. The number of carbonyl (C=O) groups is 2. The molecule has 2 saturated carbocycles. The highest BCUT2D eigenvalue weighted by Crippen LogP contribution is 2.47. The molecule has 0 aromatic heterocycles. The molecule has 0 radical (unpaired) electrons. The number of benzene rings is 1. The van der Waals surface area contributed by atoms with E-state index in [0.29, 0.717) is 23.3 Å². The van der Waals surface area contributed by atoms with Crippen molar-refractivity contribution in [2.24, 2.45) is 23.5 Å². The standard InChI is InChI=1S/C17H22N2O4/c1-22-14(20)9-23-13-6-4-12(5-7-13)19-17(21)15-10-2-3-11(8-10)16(15)18/h4-7,10-11,15-16H,2-3,8-9,18H2,1H3,(H,19,21). The van der Waals surface area contributed by atoms with Gasteiger partial charge in [0.05, 0.1) is 13.0 Å². The van der Waals surface area contributed by atoms with Crippen molar-refractivity contribution in [1.29, 1.82) is 0 Å². The van der Waals surface area contributed by atoms with E-state index < -0.39 is 5.97 Å². The van der Waals surface area contributed by atoms with Crippen LogP contribution in [0.1, 0.15) is 19.3 Å². The second kappa shape index (κ2) is 6.58. The highest BCUT2D eigenvalue weighted by Gasteiger charge is 2.49. The van der Waals surface area contributed by atoms with Gasteiger partial charge in [-0.2, -0.15) is 0 Å². The first-order valence-corrected chi connectivity index (χ1v) is 7.94. The molecule has 2 fully saturated rings. The lowest BCUT2D eigenvalue weighted by Crippen LogP contribution is -2.42. The molecule has 1 amide bonds. The molecule has 1 aromatic rings. The number of ether oxygens (including phenoxy) is 2. The number of anilines is 1. The summed E-state index contributed by atoms with van der Waals surface area (Å²) in [7, 11) is 1.31. The van der Waals surface area contributed by atoms with Crippen molar-refractivity contribution in [1.82, 2.24) is 0 Å². The average molecular weight is 318 g/mol. The van der Waals surface area contributed by atoms with Gasteiger partial charge in [0.2, 0.25) is 5.91 Å². The van der Waals surface area contributed by atoms with E-state index in [0.717, 1.165) is 19.3 Å². The van der Waals surface area contributed by atoms with Crippen molar-refractivity contribution in [2.45, 2.75) is 25.3 Å². The van der Waals surface area contributed by atoms with Crippen LogP contribution in [0.4, 0.5) is 5.69 Å². The average Bonchev–Trinajstić information content (AvgIpc) is 3.14. The van der Waals surface area contributed by atoms with E-state index in [2.05, 4.69) is 10.1 Å². The lowest BCUT2D eigenvalue weighted by molar-refractivity contribution is -0.142. The van der Waals surface area contributed by atoms with Gasteiger partial charge in [0.1, 0.15) is 5.75 Å². The van der Waals surface area contributed by atoms with Crippen molar-refractivity contribution >= 4 is 17.6 Å². The Labute approximate surface area is 135 Å². The topological polar surface area (TPSA) is 90.6 Å². The first kappa shape index (κ1) is 15.8. The first-order valence-electron chi connectivity index (χ1n) is 7.94. The highest BCUT2D eigenvalue weighted by molar-refractivity contribution is 5.93. The van der Waals surface area contributed by atoms with Gasteiger partial charge in [0.25, 0.3) is 0 Å². The molecule has 0 spiro atoms. The Morgan fingerprint density at radius 2 is 1.91 bits per heavy atom. The molecule has 0 heterocycles. The number of nitrogens with one attached hydrogen (secondary N) is 1. The maximum absolute atomic E-state index is 12.5. The highest BCUT2D eigenvalue weighted by atomic mass is 16.6. The third kappa shape index (κ3) is 3.32. The van der Waals surface area contributed by atoms with Crippen LogP contribution in [0.3, 0.4) is 0 Å². The molecule has 3 N–H and O–H groups in total. The Hall–Kier alpha value is -2.08. The third-order valence-electron chi connectivity index (χ3n) is 4.99. The first-order chi connectivity index (χ1) is 11.1. The van der Waals surface area contributed by atoms with Gasteiger partial charge in [0, 0.05) is 11.7 Å². The molecule has 6 heteroatoms. The number of amides is 1. The zero-order valence-corrected chi connectivity index (χ0v) is 13.2. The van der Waals surface area contributed by atoms with Crippen molar-refractivity contribution in [2.75, 3.05) is 19.0 Å². The van der Waals surface area contributed by atoms with Crippen molar-refractivity contribution in [3.63, 3.8) is 0 Å². The van der Waals surface area contributed by atoms with Crippen molar-refractivity contribution in [3.8, 4) is 5.75 Å². The fraction of sp³-hybridized carbons (Fsp3) is 0.529. The molecule has 124 valence electrons. The smallest absolute Gasteiger partial charge is 0.343 e. The molecule has 6 nitrogen and oxygen atoms in total. The number of rotatable bonds is 5. The van der Waals surface area contributed by atoms with Gasteiger partial charge in [-0.05, 0) is 55.4 Å². The summed E-state index contributed by atoms with van der Waals surface area (Å²) >= 11 is 0. The molecule has 2 bridgehead atoms. The predicted molar refractivity (Wildman–Crippen MR) is 84.9 cm³/mol. The van der Waals surface area contributed by atoms with Crippen LogP contribution in [0.15, 0.2) is 24.3 Å². The molecule has 4 unspecified atom stereocenters. The molecule has 23 heavy (non-hydrogen) atoms. The number of fused-ring (bicyclic) bond motifs is 2. The van der Waals surface area contributed by atoms with E-state index >= 15 is 0 Å². The zero-order chi connectivity index (χ0) is 16.4. The van der Waals surface area contributed by atoms with Gasteiger partial charge in [-0.1, -0.05) is 0 Å². The molecular formula is C17H22N2O4. The van der Waals surface area contributed by atoms with E-state index in [4.69, 9.17) is 10.5 Å². The minimum Gasteiger partial charge on any atom is -0.482 e. The predicted octanol–water partition coefficient (Wildman–Crippen LogP) is 1.55. The van der Waals surface area contributed by atoms with Crippen LogP contribution in [0, 0.1) is 17.8 Å². The van der Waals surface area contributed by atoms with Crippen molar-refractivity contribution < 1.29 is 19.1 Å². The minimum atomic E-state index is -0.437. The maximum atomic E-state index is 12.5. The van der Waals surface area contributed by atoms with Crippen LogP contribution in [0.2, 0.25) is 0 Å². The van der Waals surface area contributed by atoms with E-state index in [1.807, 2.05) is 0 Å². The Balaban J connectivity index is 1.56. The van der Waals surface area contributed by atoms with Gasteiger partial charge in [0.15, 0.2) is 6.61 Å². The summed E-state index contributed by atoms with van der Waals surface area (Å²) in [6.07, 6.45) is 3.35. The van der Waals surface area contributed by atoms with Gasteiger partial charge >= 0.3 is 5.97 Å². The third-order valence-corrected chi connectivity index (χ3v) is 4.99. The number of esters is 1. The van der Waals surface area contributed by atoms with E-state index in [1.165, 1.54) is 7.11 Å². The summed E-state index contributed by atoms with van der Waals surface area (Å²) < 4.78 is 9.78.